The third kappa shape index (κ3) is 7.17. The summed E-state index contributed by atoms with van der Waals surface area (Å²) in [7, 11) is 0. The summed E-state index contributed by atoms with van der Waals surface area (Å²) < 4.78 is 14.2. The highest BCUT2D eigenvalue weighted by Gasteiger charge is 2.11. The number of rotatable bonds is 9. The van der Waals surface area contributed by atoms with Gasteiger partial charge in [-0.15, -0.1) is 0 Å². The molecule has 0 spiro atoms. The van der Waals surface area contributed by atoms with Crippen LogP contribution in [0.15, 0.2) is 72.8 Å². The molecule has 0 heterocycles. The Morgan fingerprint density at radius 1 is 0.818 bits per heavy atom. The van der Waals surface area contributed by atoms with E-state index in [-0.39, 0.29) is 36.4 Å². The number of amides is 3. The Balaban J connectivity index is 1.56. The van der Waals surface area contributed by atoms with Gasteiger partial charge >= 0.3 is 0 Å². The van der Waals surface area contributed by atoms with Crippen molar-refractivity contribution in [3.63, 3.8) is 0 Å². The van der Waals surface area contributed by atoms with Crippen LogP contribution in [0.4, 0.5) is 21.5 Å². The lowest BCUT2D eigenvalue weighted by Gasteiger charge is -2.11. The fourth-order valence-corrected chi connectivity index (χ4v) is 3.10. The van der Waals surface area contributed by atoms with Gasteiger partial charge in [-0.3, -0.25) is 14.4 Å². The minimum Gasteiger partial charge on any atom is -0.376 e. The van der Waals surface area contributed by atoms with E-state index in [0.717, 1.165) is 5.56 Å². The molecule has 8 heteroatoms. The summed E-state index contributed by atoms with van der Waals surface area (Å²) in [6.07, 6.45) is 0.121. The van der Waals surface area contributed by atoms with Crippen LogP contribution < -0.4 is 21.3 Å². The maximum atomic E-state index is 14.2. The van der Waals surface area contributed by atoms with Gasteiger partial charge in [-0.2, -0.15) is 0 Å². The van der Waals surface area contributed by atoms with Crippen molar-refractivity contribution >= 4 is 34.8 Å². The van der Waals surface area contributed by atoms with E-state index in [4.69, 9.17) is 0 Å². The number of carbonyl (C=O) groups excluding carboxylic acids is 3. The smallest absolute Gasteiger partial charge is 0.251 e. The molecule has 3 amide bonds. The van der Waals surface area contributed by atoms with E-state index in [9.17, 15) is 18.8 Å². The van der Waals surface area contributed by atoms with Crippen LogP contribution in [0.2, 0.25) is 0 Å². The monoisotopic (exact) mass is 448 g/mol. The highest BCUT2D eigenvalue weighted by molar-refractivity contribution is 5.98. The van der Waals surface area contributed by atoms with Crippen molar-refractivity contribution < 1.29 is 18.8 Å². The van der Waals surface area contributed by atoms with Crippen molar-refractivity contribution in [1.29, 1.82) is 0 Å². The van der Waals surface area contributed by atoms with Gasteiger partial charge < -0.3 is 21.3 Å². The summed E-state index contributed by atoms with van der Waals surface area (Å²) in [4.78, 5) is 36.5. The number of anilines is 3. The van der Waals surface area contributed by atoms with Gasteiger partial charge in [0.25, 0.3) is 5.91 Å². The SMILES string of the molecule is CCNC(=O)c1cccc(NC(=O)CNc2ccc(F)c(NC(=O)Cc3ccccc3)c2)c1. The second-order valence-corrected chi connectivity index (χ2v) is 7.25. The molecule has 0 aliphatic heterocycles. The number of hydrogen-bond acceptors (Lipinski definition) is 4. The molecule has 7 nitrogen and oxygen atoms in total. The molecule has 0 atom stereocenters. The molecule has 0 aliphatic carbocycles. The number of nitrogens with one attached hydrogen (secondary N) is 4. The molecular formula is C25H25FN4O3. The van der Waals surface area contributed by atoms with E-state index >= 15 is 0 Å². The minimum atomic E-state index is -0.575. The zero-order chi connectivity index (χ0) is 23.6. The fraction of sp³-hybridized carbons (Fsp3) is 0.160. The van der Waals surface area contributed by atoms with Crippen LogP contribution in [0, 0.1) is 5.82 Å². The van der Waals surface area contributed by atoms with E-state index in [1.807, 2.05) is 37.3 Å². The molecule has 0 radical (unpaired) electrons. The summed E-state index contributed by atoms with van der Waals surface area (Å²) in [6, 6.07) is 19.9. The molecule has 0 saturated heterocycles. The maximum Gasteiger partial charge on any atom is 0.251 e. The Kier molecular flexibility index (Phi) is 8.13. The number of hydrogen-bond donors (Lipinski definition) is 4. The second-order valence-electron chi connectivity index (χ2n) is 7.25. The lowest BCUT2D eigenvalue weighted by molar-refractivity contribution is -0.116. The molecule has 33 heavy (non-hydrogen) atoms. The third-order valence-corrected chi connectivity index (χ3v) is 4.65. The average Bonchev–Trinajstić information content (AvgIpc) is 2.80. The molecule has 3 aromatic carbocycles. The van der Waals surface area contributed by atoms with Crippen LogP contribution in [0.25, 0.3) is 0 Å². The predicted molar refractivity (Wildman–Crippen MR) is 127 cm³/mol. The quantitative estimate of drug-likeness (QED) is 0.400. The van der Waals surface area contributed by atoms with Crippen molar-refractivity contribution in [3.8, 4) is 0 Å². The van der Waals surface area contributed by atoms with Crippen molar-refractivity contribution in [2.45, 2.75) is 13.3 Å². The summed E-state index contributed by atoms with van der Waals surface area (Å²) in [6.45, 7) is 2.24. The molecule has 0 bridgehead atoms. The number of benzene rings is 3. The Hall–Kier alpha value is -4.20. The molecule has 170 valence electrons. The molecule has 0 saturated carbocycles. The van der Waals surface area contributed by atoms with Crippen LogP contribution >= 0.6 is 0 Å². The average molecular weight is 448 g/mol. The predicted octanol–water partition coefficient (Wildman–Crippen LogP) is 3.81. The number of halogens is 1. The first-order valence-corrected chi connectivity index (χ1v) is 10.5. The molecule has 0 aliphatic rings. The molecule has 0 fully saturated rings. The Morgan fingerprint density at radius 2 is 1.61 bits per heavy atom. The lowest BCUT2D eigenvalue weighted by atomic mass is 10.1. The van der Waals surface area contributed by atoms with E-state index in [1.54, 1.807) is 24.3 Å². The summed E-state index contributed by atoms with van der Waals surface area (Å²) in [5, 5.41) is 10.9. The van der Waals surface area contributed by atoms with Gasteiger partial charge in [-0.25, -0.2) is 4.39 Å². The molecule has 3 rings (SSSR count). The Morgan fingerprint density at radius 3 is 2.36 bits per heavy atom. The third-order valence-electron chi connectivity index (χ3n) is 4.65. The Labute approximate surface area is 191 Å². The summed E-state index contributed by atoms with van der Waals surface area (Å²) in [5.74, 6) is -1.49. The van der Waals surface area contributed by atoms with Crippen molar-refractivity contribution in [1.82, 2.24) is 5.32 Å². The van der Waals surface area contributed by atoms with E-state index < -0.39 is 5.82 Å². The van der Waals surface area contributed by atoms with Crippen molar-refractivity contribution in [2.75, 3.05) is 29.0 Å². The van der Waals surface area contributed by atoms with Crippen molar-refractivity contribution in [3.05, 3.63) is 89.7 Å². The van der Waals surface area contributed by atoms with Crippen LogP contribution in [0.1, 0.15) is 22.8 Å². The number of carbonyl (C=O) groups is 3. The van der Waals surface area contributed by atoms with E-state index in [1.165, 1.54) is 18.2 Å². The van der Waals surface area contributed by atoms with E-state index in [0.29, 0.717) is 23.5 Å². The topological polar surface area (TPSA) is 99.3 Å². The van der Waals surface area contributed by atoms with Gasteiger partial charge in [0.05, 0.1) is 18.7 Å². The van der Waals surface area contributed by atoms with Crippen LogP contribution in [0.5, 0.6) is 0 Å². The van der Waals surface area contributed by atoms with Gasteiger partial charge in [-0.05, 0) is 48.9 Å². The molecule has 3 aromatic rings. The van der Waals surface area contributed by atoms with Gasteiger partial charge in [-0.1, -0.05) is 36.4 Å². The lowest BCUT2D eigenvalue weighted by Crippen LogP contribution is -2.24. The van der Waals surface area contributed by atoms with Crippen LogP contribution in [-0.4, -0.2) is 30.8 Å². The highest BCUT2D eigenvalue weighted by atomic mass is 19.1. The van der Waals surface area contributed by atoms with E-state index in [2.05, 4.69) is 21.3 Å². The zero-order valence-electron chi connectivity index (χ0n) is 18.2. The maximum absolute atomic E-state index is 14.2. The van der Waals surface area contributed by atoms with Crippen LogP contribution in [-0.2, 0) is 16.0 Å². The minimum absolute atomic E-state index is 0.0241. The molecule has 0 unspecified atom stereocenters. The molecule has 0 aromatic heterocycles. The standard InChI is InChI=1S/C25H25FN4O3/c1-2-27-25(33)18-9-6-10-20(14-18)29-24(32)16-28-19-11-12-21(26)22(15-19)30-23(31)13-17-7-4-3-5-8-17/h3-12,14-15,28H,2,13,16H2,1H3,(H,27,33)(H,29,32)(H,30,31). The first-order valence-electron chi connectivity index (χ1n) is 10.5. The van der Waals surface area contributed by atoms with Gasteiger partial charge in [0.2, 0.25) is 11.8 Å². The largest absolute Gasteiger partial charge is 0.376 e. The molecular weight excluding hydrogens is 423 g/mol. The fourth-order valence-electron chi connectivity index (χ4n) is 3.10. The van der Waals surface area contributed by atoms with Crippen molar-refractivity contribution in [2.24, 2.45) is 0 Å². The second kappa shape index (κ2) is 11.4. The normalized spacial score (nSPS) is 10.2. The van der Waals surface area contributed by atoms with Gasteiger partial charge in [0.1, 0.15) is 5.82 Å². The zero-order valence-corrected chi connectivity index (χ0v) is 18.2. The Bertz CT molecular complexity index is 1140. The van der Waals surface area contributed by atoms with Crippen LogP contribution in [0.3, 0.4) is 0 Å². The van der Waals surface area contributed by atoms with Gasteiger partial charge in [0, 0.05) is 23.5 Å². The molecule has 4 N–H and O–H groups in total. The van der Waals surface area contributed by atoms with Gasteiger partial charge in [0.15, 0.2) is 0 Å². The first-order chi connectivity index (χ1) is 15.9. The summed E-state index contributed by atoms with van der Waals surface area (Å²) >= 11 is 0. The first kappa shape index (κ1) is 23.5. The highest BCUT2D eigenvalue weighted by Crippen LogP contribution is 2.20. The summed E-state index contributed by atoms with van der Waals surface area (Å²) in [5.41, 5.74) is 2.24.